The van der Waals surface area contributed by atoms with E-state index in [2.05, 4.69) is 12.8 Å². The molecule has 0 spiro atoms. The standard InChI is InChI=1S/C10H14O4.C2H2.Na/c1-10(2)13-7-5-3-4-6(9(11)12)8(7)14-10;1-2;/h3-4,6-8H,5H2,1-2H3,(H,11,12);1-2H;/q;;+1/p-1. The minimum Gasteiger partial charge on any atom is -0.549 e. The summed E-state index contributed by atoms with van der Waals surface area (Å²) >= 11 is 0. The summed E-state index contributed by atoms with van der Waals surface area (Å²) in [6.07, 6.45) is 11.6. The molecule has 0 N–H and O–H groups in total. The number of hydrogen-bond donors (Lipinski definition) is 0. The fraction of sp³-hybridized carbons (Fsp3) is 0.583. The monoisotopic (exact) mass is 246 g/mol. The Morgan fingerprint density at radius 1 is 1.41 bits per heavy atom. The SMILES string of the molecule is C#C.CC1(C)OC2CC=CC(C(=O)[O-])C2O1.[Na+]. The van der Waals surface area contributed by atoms with Crippen LogP contribution in [-0.2, 0) is 14.3 Å². The Morgan fingerprint density at radius 3 is 2.53 bits per heavy atom. The van der Waals surface area contributed by atoms with Gasteiger partial charge in [0.2, 0.25) is 0 Å². The van der Waals surface area contributed by atoms with Crippen LogP contribution in [0.4, 0.5) is 0 Å². The van der Waals surface area contributed by atoms with Gasteiger partial charge in [-0.05, 0) is 20.3 Å². The second kappa shape index (κ2) is 6.58. The number of carbonyl (C=O) groups is 1. The first-order valence-electron chi connectivity index (χ1n) is 5.06. The van der Waals surface area contributed by atoms with Crippen molar-refractivity contribution in [3.8, 4) is 12.8 Å². The number of carbonyl (C=O) groups excluding carboxylic acids is 1. The number of rotatable bonds is 1. The summed E-state index contributed by atoms with van der Waals surface area (Å²) in [6.45, 7) is 3.58. The predicted molar refractivity (Wildman–Crippen MR) is 56.0 cm³/mol. The van der Waals surface area contributed by atoms with Crippen molar-refractivity contribution in [1.82, 2.24) is 0 Å². The normalized spacial score (nSPS) is 32.6. The average Bonchev–Trinajstić information content (AvgIpc) is 2.53. The van der Waals surface area contributed by atoms with Gasteiger partial charge in [0, 0.05) is 5.92 Å². The molecule has 2 aliphatic rings. The van der Waals surface area contributed by atoms with E-state index in [1.54, 1.807) is 19.9 Å². The van der Waals surface area contributed by atoms with E-state index in [0.717, 1.165) is 0 Å². The van der Waals surface area contributed by atoms with Crippen molar-refractivity contribution in [2.24, 2.45) is 5.92 Å². The maximum Gasteiger partial charge on any atom is 1.00 e. The molecular weight excluding hydrogens is 231 g/mol. The molecule has 4 nitrogen and oxygen atoms in total. The average molecular weight is 246 g/mol. The number of ether oxygens (including phenoxy) is 2. The molecule has 17 heavy (non-hydrogen) atoms. The first-order chi connectivity index (χ1) is 7.49. The molecule has 0 amide bonds. The number of carboxylic acids is 1. The molecule has 0 aromatic heterocycles. The second-order valence-corrected chi connectivity index (χ2v) is 4.15. The molecule has 0 bridgehead atoms. The van der Waals surface area contributed by atoms with E-state index in [4.69, 9.17) is 9.47 Å². The third-order valence-corrected chi connectivity index (χ3v) is 2.56. The largest absolute Gasteiger partial charge is 1.00 e. The fourth-order valence-electron chi connectivity index (χ4n) is 2.03. The second-order valence-electron chi connectivity index (χ2n) is 4.15. The number of carboxylic acid groups (broad SMARTS) is 1. The fourth-order valence-corrected chi connectivity index (χ4v) is 2.03. The van der Waals surface area contributed by atoms with Crippen LogP contribution in [0.5, 0.6) is 0 Å². The first kappa shape index (κ1) is 16.7. The van der Waals surface area contributed by atoms with E-state index in [9.17, 15) is 9.90 Å². The zero-order valence-corrected chi connectivity index (χ0v) is 12.4. The van der Waals surface area contributed by atoms with Crippen LogP contribution in [0.15, 0.2) is 12.2 Å². The topological polar surface area (TPSA) is 58.6 Å². The van der Waals surface area contributed by atoms with Crippen LogP contribution in [0.1, 0.15) is 20.3 Å². The van der Waals surface area contributed by atoms with E-state index < -0.39 is 23.8 Å². The summed E-state index contributed by atoms with van der Waals surface area (Å²) in [5, 5.41) is 10.8. The van der Waals surface area contributed by atoms with Crippen molar-refractivity contribution in [1.29, 1.82) is 0 Å². The summed E-state index contributed by atoms with van der Waals surface area (Å²) < 4.78 is 11.1. The van der Waals surface area contributed by atoms with Gasteiger partial charge in [-0.3, -0.25) is 0 Å². The van der Waals surface area contributed by atoms with Gasteiger partial charge in [-0.15, -0.1) is 12.8 Å². The zero-order valence-electron chi connectivity index (χ0n) is 10.4. The van der Waals surface area contributed by atoms with Gasteiger partial charge in [-0.2, -0.15) is 0 Å². The van der Waals surface area contributed by atoms with E-state index >= 15 is 0 Å². The number of fused-ring (bicyclic) bond motifs is 1. The van der Waals surface area contributed by atoms with Gasteiger partial charge in [-0.25, -0.2) is 0 Å². The number of terminal acetylenes is 1. The van der Waals surface area contributed by atoms with Crippen LogP contribution in [0, 0.1) is 18.8 Å². The molecular formula is C12H15NaO4. The molecule has 1 saturated heterocycles. The molecule has 1 aliphatic carbocycles. The van der Waals surface area contributed by atoms with Crippen LogP contribution < -0.4 is 34.7 Å². The molecule has 1 aliphatic heterocycles. The van der Waals surface area contributed by atoms with Gasteiger partial charge in [0.1, 0.15) is 0 Å². The van der Waals surface area contributed by atoms with Gasteiger partial charge < -0.3 is 19.4 Å². The van der Waals surface area contributed by atoms with Crippen molar-refractivity contribution in [3.05, 3.63) is 12.2 Å². The van der Waals surface area contributed by atoms with Crippen molar-refractivity contribution in [2.75, 3.05) is 0 Å². The molecule has 0 saturated carbocycles. The van der Waals surface area contributed by atoms with Gasteiger partial charge in [0.25, 0.3) is 0 Å². The van der Waals surface area contributed by atoms with Crippen LogP contribution in [0.3, 0.4) is 0 Å². The Morgan fingerprint density at radius 2 is 2.00 bits per heavy atom. The molecule has 3 unspecified atom stereocenters. The van der Waals surface area contributed by atoms with Gasteiger partial charge >= 0.3 is 29.6 Å². The van der Waals surface area contributed by atoms with Crippen molar-refractivity contribution in [2.45, 2.75) is 38.3 Å². The zero-order chi connectivity index (χ0) is 12.3. The minimum atomic E-state index is -1.10. The third kappa shape index (κ3) is 3.84. The third-order valence-electron chi connectivity index (χ3n) is 2.56. The summed E-state index contributed by atoms with van der Waals surface area (Å²) in [4.78, 5) is 10.8. The van der Waals surface area contributed by atoms with Crippen LogP contribution >= 0.6 is 0 Å². The van der Waals surface area contributed by atoms with E-state index in [-0.39, 0.29) is 35.7 Å². The van der Waals surface area contributed by atoms with Gasteiger partial charge in [0.15, 0.2) is 5.79 Å². The Bertz CT molecular complexity index is 322. The summed E-state index contributed by atoms with van der Waals surface area (Å²) in [7, 11) is 0. The molecule has 3 atom stereocenters. The Balaban J connectivity index is 0.000000811. The molecule has 5 heteroatoms. The predicted octanol–water partition coefficient (Wildman–Crippen LogP) is -2.91. The van der Waals surface area contributed by atoms with Crippen LogP contribution in [-0.4, -0.2) is 24.0 Å². The number of hydrogen-bond acceptors (Lipinski definition) is 4. The Labute approximate surface area is 124 Å². The van der Waals surface area contributed by atoms with E-state index in [1.807, 2.05) is 6.08 Å². The van der Waals surface area contributed by atoms with Crippen molar-refractivity contribution >= 4 is 5.97 Å². The maximum absolute atomic E-state index is 10.8. The molecule has 0 aromatic rings. The molecule has 0 radical (unpaired) electrons. The van der Waals surface area contributed by atoms with Crippen LogP contribution in [0.2, 0.25) is 0 Å². The Kier molecular flexibility index (Phi) is 6.46. The summed E-state index contributed by atoms with van der Waals surface area (Å²) in [5.74, 6) is -2.47. The molecule has 1 heterocycles. The minimum absolute atomic E-state index is 0. The van der Waals surface area contributed by atoms with E-state index in [0.29, 0.717) is 6.42 Å². The Hall–Kier alpha value is -0.310. The maximum atomic E-state index is 10.8. The van der Waals surface area contributed by atoms with Crippen molar-refractivity contribution < 1.29 is 48.9 Å². The van der Waals surface area contributed by atoms with Gasteiger partial charge in [-0.1, -0.05) is 12.2 Å². The summed E-state index contributed by atoms with van der Waals surface area (Å²) in [5.41, 5.74) is 0. The van der Waals surface area contributed by atoms with E-state index in [1.165, 1.54) is 0 Å². The van der Waals surface area contributed by atoms with Gasteiger partial charge in [0.05, 0.1) is 18.2 Å². The van der Waals surface area contributed by atoms with Crippen molar-refractivity contribution in [3.63, 3.8) is 0 Å². The molecule has 0 aromatic carbocycles. The molecule has 2 rings (SSSR count). The number of aliphatic carboxylic acids is 1. The summed E-state index contributed by atoms with van der Waals surface area (Å²) in [6, 6.07) is 0. The van der Waals surface area contributed by atoms with Crippen LogP contribution in [0.25, 0.3) is 0 Å². The molecule has 88 valence electrons. The quantitative estimate of drug-likeness (QED) is 0.283. The smallest absolute Gasteiger partial charge is 0.549 e. The molecule has 1 fully saturated rings. The first-order valence-corrected chi connectivity index (χ1v) is 5.06.